The number of hydrogen-bond donors (Lipinski definition) is 1. The number of fused-ring (bicyclic) bond motifs is 2. The van der Waals surface area contributed by atoms with E-state index >= 15 is 0 Å². The molecule has 0 saturated carbocycles. The number of halogens is 2. The fourth-order valence-electron chi connectivity index (χ4n) is 3.75. The predicted octanol–water partition coefficient (Wildman–Crippen LogP) is 5.60. The van der Waals surface area contributed by atoms with Crippen molar-refractivity contribution in [1.29, 1.82) is 0 Å². The quantitative estimate of drug-likeness (QED) is 0.439. The van der Waals surface area contributed by atoms with Gasteiger partial charge in [0.1, 0.15) is 0 Å². The SMILES string of the molecule is Clc1ccc(-c2ncc3c(n2)CN(Cc2c[nH]c4ccc(Br)cc24)CC3)cc1. The van der Waals surface area contributed by atoms with Crippen molar-refractivity contribution in [3.63, 3.8) is 0 Å². The summed E-state index contributed by atoms with van der Waals surface area (Å²) in [5.74, 6) is 0.758. The smallest absolute Gasteiger partial charge is 0.159 e. The number of nitrogens with zero attached hydrogens (tertiary/aromatic N) is 3. The van der Waals surface area contributed by atoms with Crippen LogP contribution < -0.4 is 0 Å². The van der Waals surface area contributed by atoms with E-state index in [2.05, 4.69) is 55.2 Å². The Balaban J connectivity index is 1.40. The molecule has 1 aliphatic heterocycles. The van der Waals surface area contributed by atoms with E-state index in [0.29, 0.717) is 0 Å². The first kappa shape index (κ1) is 17.9. The van der Waals surface area contributed by atoms with E-state index < -0.39 is 0 Å². The summed E-state index contributed by atoms with van der Waals surface area (Å²) in [6.07, 6.45) is 5.07. The molecule has 0 amide bonds. The van der Waals surface area contributed by atoms with Gasteiger partial charge in [-0.15, -0.1) is 0 Å². The van der Waals surface area contributed by atoms with Crippen LogP contribution in [0.25, 0.3) is 22.3 Å². The lowest BCUT2D eigenvalue weighted by molar-refractivity contribution is 0.242. The first-order chi connectivity index (χ1) is 13.7. The Bertz CT molecular complexity index is 1150. The van der Waals surface area contributed by atoms with Crippen molar-refractivity contribution < 1.29 is 0 Å². The Hall–Kier alpha value is -2.21. The third kappa shape index (κ3) is 3.46. The van der Waals surface area contributed by atoms with Crippen LogP contribution in [-0.2, 0) is 19.5 Å². The van der Waals surface area contributed by atoms with Crippen molar-refractivity contribution in [3.8, 4) is 11.4 Å². The highest BCUT2D eigenvalue weighted by Crippen LogP contribution is 2.27. The third-order valence-corrected chi connectivity index (χ3v) is 6.00. The van der Waals surface area contributed by atoms with Gasteiger partial charge in [0.25, 0.3) is 0 Å². The number of benzene rings is 2. The van der Waals surface area contributed by atoms with Gasteiger partial charge in [-0.1, -0.05) is 27.5 Å². The number of nitrogens with one attached hydrogen (secondary N) is 1. The summed E-state index contributed by atoms with van der Waals surface area (Å²) in [6, 6.07) is 14.0. The Morgan fingerprint density at radius 2 is 2.00 bits per heavy atom. The molecule has 2 aromatic heterocycles. The van der Waals surface area contributed by atoms with Crippen LogP contribution in [0.2, 0.25) is 5.02 Å². The van der Waals surface area contributed by atoms with Crippen LogP contribution >= 0.6 is 27.5 Å². The number of aromatic amines is 1. The van der Waals surface area contributed by atoms with Gasteiger partial charge in [0.2, 0.25) is 0 Å². The molecular formula is C22H18BrClN4. The molecule has 0 fully saturated rings. The molecule has 2 aromatic carbocycles. The lowest BCUT2D eigenvalue weighted by atomic mass is 10.1. The molecule has 0 spiro atoms. The first-order valence-electron chi connectivity index (χ1n) is 9.24. The fraction of sp³-hybridized carbons (Fsp3) is 0.182. The molecule has 0 radical (unpaired) electrons. The number of hydrogen-bond acceptors (Lipinski definition) is 3. The molecule has 140 valence electrons. The summed E-state index contributed by atoms with van der Waals surface area (Å²) in [6.45, 7) is 2.74. The zero-order valence-electron chi connectivity index (χ0n) is 15.1. The van der Waals surface area contributed by atoms with E-state index in [0.717, 1.165) is 52.6 Å². The molecule has 4 nitrogen and oxygen atoms in total. The Morgan fingerprint density at radius 3 is 2.86 bits per heavy atom. The Morgan fingerprint density at radius 1 is 1.14 bits per heavy atom. The largest absolute Gasteiger partial charge is 0.361 e. The monoisotopic (exact) mass is 452 g/mol. The maximum Gasteiger partial charge on any atom is 0.159 e. The van der Waals surface area contributed by atoms with E-state index in [4.69, 9.17) is 16.6 Å². The lowest BCUT2D eigenvalue weighted by Gasteiger charge is -2.27. The average molecular weight is 454 g/mol. The Kier molecular flexibility index (Phi) is 4.67. The molecule has 1 N–H and O–H groups in total. The summed E-state index contributed by atoms with van der Waals surface area (Å²) in [5, 5.41) is 1.99. The molecule has 0 unspecified atom stereocenters. The van der Waals surface area contributed by atoms with Gasteiger partial charge in [-0.25, -0.2) is 9.97 Å². The minimum Gasteiger partial charge on any atom is -0.361 e. The van der Waals surface area contributed by atoms with E-state index in [1.165, 1.54) is 22.0 Å². The van der Waals surface area contributed by atoms with Crippen LogP contribution in [0.15, 0.2) is 59.3 Å². The second kappa shape index (κ2) is 7.32. The van der Waals surface area contributed by atoms with Crippen LogP contribution in [-0.4, -0.2) is 26.4 Å². The van der Waals surface area contributed by atoms with Gasteiger partial charge in [-0.3, -0.25) is 4.90 Å². The van der Waals surface area contributed by atoms with Crippen molar-refractivity contribution in [3.05, 3.63) is 81.2 Å². The van der Waals surface area contributed by atoms with Crippen LogP contribution in [0.5, 0.6) is 0 Å². The molecular weight excluding hydrogens is 436 g/mol. The lowest BCUT2D eigenvalue weighted by Crippen LogP contribution is -2.31. The van der Waals surface area contributed by atoms with Crippen LogP contribution in [0.4, 0.5) is 0 Å². The van der Waals surface area contributed by atoms with E-state index in [1.54, 1.807) is 0 Å². The van der Waals surface area contributed by atoms with Crippen molar-refractivity contribution in [2.75, 3.05) is 6.54 Å². The minimum atomic E-state index is 0.721. The van der Waals surface area contributed by atoms with Crippen molar-refractivity contribution >= 4 is 38.4 Å². The molecule has 0 atom stereocenters. The van der Waals surface area contributed by atoms with Gasteiger partial charge in [-0.2, -0.15) is 0 Å². The highest BCUT2D eigenvalue weighted by Gasteiger charge is 2.20. The summed E-state index contributed by atoms with van der Waals surface area (Å²) in [5.41, 5.74) is 5.84. The maximum atomic E-state index is 6.00. The van der Waals surface area contributed by atoms with E-state index in [-0.39, 0.29) is 0 Å². The van der Waals surface area contributed by atoms with Crippen LogP contribution in [0.3, 0.4) is 0 Å². The molecule has 6 heteroatoms. The second-order valence-electron chi connectivity index (χ2n) is 7.14. The average Bonchev–Trinajstić information content (AvgIpc) is 3.10. The van der Waals surface area contributed by atoms with Crippen LogP contribution in [0, 0.1) is 0 Å². The van der Waals surface area contributed by atoms with Gasteiger partial charge >= 0.3 is 0 Å². The second-order valence-corrected chi connectivity index (χ2v) is 8.49. The number of aromatic nitrogens is 3. The number of H-pyrrole nitrogens is 1. The maximum absolute atomic E-state index is 6.00. The summed E-state index contributed by atoms with van der Waals surface area (Å²) >= 11 is 9.58. The standard InChI is InChI=1S/C22H18BrClN4/c23-17-3-6-20-19(9-17)16(11-25-20)12-28-8-7-15-10-26-22(27-21(15)13-28)14-1-4-18(24)5-2-14/h1-6,9-11,25H,7-8,12-13H2. The molecule has 1 aliphatic rings. The minimum absolute atomic E-state index is 0.721. The zero-order valence-corrected chi connectivity index (χ0v) is 17.5. The molecule has 4 aromatic rings. The summed E-state index contributed by atoms with van der Waals surface area (Å²) in [4.78, 5) is 15.2. The molecule has 0 saturated heterocycles. The molecule has 5 rings (SSSR count). The predicted molar refractivity (Wildman–Crippen MR) is 116 cm³/mol. The third-order valence-electron chi connectivity index (χ3n) is 5.25. The van der Waals surface area contributed by atoms with Crippen molar-refractivity contribution in [2.45, 2.75) is 19.5 Å². The normalized spacial score (nSPS) is 14.4. The first-order valence-corrected chi connectivity index (χ1v) is 10.4. The van der Waals surface area contributed by atoms with Gasteiger partial charge < -0.3 is 4.98 Å². The topological polar surface area (TPSA) is 44.8 Å². The van der Waals surface area contributed by atoms with E-state index in [9.17, 15) is 0 Å². The highest BCUT2D eigenvalue weighted by atomic mass is 79.9. The van der Waals surface area contributed by atoms with Gasteiger partial charge in [0.05, 0.1) is 5.69 Å². The van der Waals surface area contributed by atoms with Gasteiger partial charge in [0, 0.05) is 58.0 Å². The summed E-state index contributed by atoms with van der Waals surface area (Å²) in [7, 11) is 0. The number of rotatable bonds is 3. The fourth-order valence-corrected chi connectivity index (χ4v) is 4.24. The van der Waals surface area contributed by atoms with Gasteiger partial charge in [0.15, 0.2) is 5.82 Å². The highest BCUT2D eigenvalue weighted by molar-refractivity contribution is 9.10. The molecule has 0 aliphatic carbocycles. The van der Waals surface area contributed by atoms with Crippen LogP contribution in [0.1, 0.15) is 16.8 Å². The van der Waals surface area contributed by atoms with Crippen molar-refractivity contribution in [2.24, 2.45) is 0 Å². The summed E-state index contributed by atoms with van der Waals surface area (Å²) < 4.78 is 1.10. The molecule has 28 heavy (non-hydrogen) atoms. The van der Waals surface area contributed by atoms with E-state index in [1.807, 2.05) is 30.5 Å². The van der Waals surface area contributed by atoms with Gasteiger partial charge in [-0.05, 0) is 60.0 Å². The Labute approximate surface area is 176 Å². The van der Waals surface area contributed by atoms with Crippen molar-refractivity contribution in [1.82, 2.24) is 19.9 Å². The zero-order chi connectivity index (χ0) is 19.1. The molecule has 3 heterocycles. The molecule has 0 bridgehead atoms.